The van der Waals surface area contributed by atoms with Crippen LogP contribution in [-0.2, 0) is 16.0 Å². The predicted octanol–water partition coefficient (Wildman–Crippen LogP) is 3.02. The first-order valence-corrected chi connectivity index (χ1v) is 8.82. The Hall–Kier alpha value is -3.41. The van der Waals surface area contributed by atoms with Gasteiger partial charge in [-0.1, -0.05) is 18.2 Å². The summed E-state index contributed by atoms with van der Waals surface area (Å²) in [4.78, 5) is 30.4. The fourth-order valence-electron chi connectivity index (χ4n) is 3.30. The molecule has 3 aromatic rings. The molecule has 0 spiro atoms. The van der Waals surface area contributed by atoms with Gasteiger partial charge in [-0.25, -0.2) is 4.98 Å². The van der Waals surface area contributed by atoms with Crippen LogP contribution in [0.5, 0.6) is 0 Å². The van der Waals surface area contributed by atoms with Crippen molar-refractivity contribution in [1.82, 2.24) is 9.55 Å². The first kappa shape index (κ1) is 17.0. The molecule has 1 aromatic heterocycles. The van der Waals surface area contributed by atoms with E-state index in [1.165, 1.54) is 4.90 Å². The highest BCUT2D eigenvalue weighted by molar-refractivity contribution is 6.07. The number of para-hydroxylation sites is 1. The summed E-state index contributed by atoms with van der Waals surface area (Å²) in [5, 5.41) is 2.86. The Morgan fingerprint density at radius 1 is 1.11 bits per heavy atom. The topological polar surface area (TPSA) is 67.2 Å². The lowest BCUT2D eigenvalue weighted by Gasteiger charge is -2.17. The number of nitrogens with zero attached hydrogens (tertiary/aromatic N) is 3. The molecule has 0 atom stereocenters. The van der Waals surface area contributed by atoms with Gasteiger partial charge in [0.15, 0.2) is 0 Å². The average molecular weight is 360 g/mol. The molecule has 27 heavy (non-hydrogen) atoms. The fraction of sp³-hybridized carbons (Fsp3) is 0.190. The summed E-state index contributed by atoms with van der Waals surface area (Å²) in [7, 11) is 0. The van der Waals surface area contributed by atoms with E-state index in [0.717, 1.165) is 28.3 Å². The van der Waals surface area contributed by atoms with E-state index in [0.29, 0.717) is 12.1 Å². The Bertz CT molecular complexity index is 1020. The molecule has 136 valence electrons. The number of imidazole rings is 1. The summed E-state index contributed by atoms with van der Waals surface area (Å²) in [5.41, 5.74) is 5.53. The number of rotatable bonds is 4. The number of nitrogens with one attached hydrogen (secondary N) is 1. The number of carbonyl (C=O) groups excluding carboxylic acids is 2. The number of anilines is 2. The molecule has 0 bridgehead atoms. The van der Waals surface area contributed by atoms with Crippen molar-refractivity contribution in [3.63, 3.8) is 0 Å². The molecule has 1 aliphatic rings. The normalized spacial score (nSPS) is 13.0. The van der Waals surface area contributed by atoms with Crippen LogP contribution in [0.4, 0.5) is 11.4 Å². The number of carbonyl (C=O) groups is 2. The highest BCUT2D eigenvalue weighted by Gasteiger charge is 2.28. The third-order valence-electron chi connectivity index (χ3n) is 4.91. The number of aryl methyl sites for hydroxylation is 1. The largest absolute Gasteiger partial charge is 0.325 e. The standard InChI is InChI=1S/C21H20N4O2/c1-14-15(2)25(13-22-14)18-9-7-17(8-10-18)23-20(26)12-24-19-6-4-3-5-16(19)11-21(24)27/h3-10,13H,11-12H2,1-2H3,(H,23,26). The molecule has 2 heterocycles. The highest BCUT2D eigenvalue weighted by atomic mass is 16.2. The number of hydrogen-bond acceptors (Lipinski definition) is 3. The Morgan fingerprint density at radius 3 is 2.56 bits per heavy atom. The van der Waals surface area contributed by atoms with E-state index >= 15 is 0 Å². The Balaban J connectivity index is 1.44. The first-order chi connectivity index (χ1) is 13.0. The number of aromatic nitrogens is 2. The molecule has 1 aliphatic heterocycles. The zero-order valence-electron chi connectivity index (χ0n) is 15.3. The molecule has 0 unspecified atom stereocenters. The van der Waals surface area contributed by atoms with Crippen LogP contribution >= 0.6 is 0 Å². The average Bonchev–Trinajstić information content (AvgIpc) is 3.16. The maximum atomic E-state index is 12.4. The lowest BCUT2D eigenvalue weighted by molar-refractivity contribution is -0.120. The molecule has 4 rings (SSSR count). The van der Waals surface area contributed by atoms with Gasteiger partial charge in [0, 0.05) is 22.8 Å². The minimum absolute atomic E-state index is 0.0113. The molecule has 0 saturated heterocycles. The lowest BCUT2D eigenvalue weighted by atomic mass is 10.2. The monoisotopic (exact) mass is 360 g/mol. The van der Waals surface area contributed by atoms with Crippen LogP contribution in [0.3, 0.4) is 0 Å². The van der Waals surface area contributed by atoms with Gasteiger partial charge in [0.2, 0.25) is 11.8 Å². The SMILES string of the molecule is Cc1ncn(-c2ccc(NC(=O)CN3C(=O)Cc4ccccc43)cc2)c1C. The van der Waals surface area contributed by atoms with Crippen LogP contribution < -0.4 is 10.2 Å². The lowest BCUT2D eigenvalue weighted by Crippen LogP contribution is -2.35. The van der Waals surface area contributed by atoms with E-state index in [9.17, 15) is 9.59 Å². The number of fused-ring (bicyclic) bond motifs is 1. The van der Waals surface area contributed by atoms with Crippen molar-refractivity contribution in [1.29, 1.82) is 0 Å². The Labute approximate surface area is 157 Å². The van der Waals surface area contributed by atoms with Crippen LogP contribution in [0, 0.1) is 13.8 Å². The quantitative estimate of drug-likeness (QED) is 0.778. The van der Waals surface area contributed by atoms with Gasteiger partial charge in [0.1, 0.15) is 6.54 Å². The molecule has 0 saturated carbocycles. The number of benzene rings is 2. The van der Waals surface area contributed by atoms with Crippen molar-refractivity contribution < 1.29 is 9.59 Å². The van der Waals surface area contributed by atoms with E-state index in [1.807, 2.05) is 66.9 Å². The minimum Gasteiger partial charge on any atom is -0.325 e. The summed E-state index contributed by atoms with van der Waals surface area (Å²) in [6.07, 6.45) is 2.14. The van der Waals surface area contributed by atoms with Crippen LogP contribution in [0.2, 0.25) is 0 Å². The number of hydrogen-bond donors (Lipinski definition) is 1. The third-order valence-corrected chi connectivity index (χ3v) is 4.91. The zero-order valence-corrected chi connectivity index (χ0v) is 15.3. The molecule has 0 fully saturated rings. The van der Waals surface area contributed by atoms with E-state index in [-0.39, 0.29) is 18.4 Å². The van der Waals surface area contributed by atoms with Gasteiger partial charge >= 0.3 is 0 Å². The van der Waals surface area contributed by atoms with Gasteiger partial charge in [-0.15, -0.1) is 0 Å². The zero-order chi connectivity index (χ0) is 19.0. The molecular weight excluding hydrogens is 340 g/mol. The minimum atomic E-state index is -0.220. The van der Waals surface area contributed by atoms with E-state index in [4.69, 9.17) is 0 Å². The van der Waals surface area contributed by atoms with Crippen LogP contribution in [0.25, 0.3) is 5.69 Å². The predicted molar refractivity (Wildman–Crippen MR) is 104 cm³/mol. The Kier molecular flexibility index (Phi) is 4.24. The van der Waals surface area contributed by atoms with Crippen molar-refractivity contribution in [3.8, 4) is 5.69 Å². The summed E-state index contributed by atoms with van der Waals surface area (Å²) < 4.78 is 2.00. The van der Waals surface area contributed by atoms with Crippen LogP contribution in [0.15, 0.2) is 54.9 Å². The van der Waals surface area contributed by atoms with Gasteiger partial charge in [-0.05, 0) is 49.7 Å². The second kappa shape index (κ2) is 6.72. The first-order valence-electron chi connectivity index (χ1n) is 8.82. The third kappa shape index (κ3) is 3.21. The number of amides is 2. The van der Waals surface area contributed by atoms with Crippen LogP contribution in [-0.4, -0.2) is 27.9 Å². The summed E-state index contributed by atoms with van der Waals surface area (Å²) in [6, 6.07) is 15.1. The summed E-state index contributed by atoms with van der Waals surface area (Å²) in [5.74, 6) is -0.268. The second-order valence-electron chi connectivity index (χ2n) is 6.67. The van der Waals surface area contributed by atoms with E-state index in [1.54, 1.807) is 6.33 Å². The Morgan fingerprint density at radius 2 is 1.85 bits per heavy atom. The summed E-state index contributed by atoms with van der Waals surface area (Å²) in [6.45, 7) is 4.00. The maximum Gasteiger partial charge on any atom is 0.244 e. The molecule has 2 aromatic carbocycles. The van der Waals surface area contributed by atoms with E-state index < -0.39 is 0 Å². The summed E-state index contributed by atoms with van der Waals surface area (Å²) >= 11 is 0. The highest BCUT2D eigenvalue weighted by Crippen LogP contribution is 2.28. The smallest absolute Gasteiger partial charge is 0.244 e. The van der Waals surface area contributed by atoms with Gasteiger partial charge in [0.25, 0.3) is 0 Å². The van der Waals surface area contributed by atoms with Crippen molar-refractivity contribution in [2.45, 2.75) is 20.3 Å². The molecule has 6 heteroatoms. The van der Waals surface area contributed by atoms with Crippen molar-refractivity contribution in [2.75, 3.05) is 16.8 Å². The molecular formula is C21H20N4O2. The van der Waals surface area contributed by atoms with Gasteiger partial charge in [-0.3, -0.25) is 9.59 Å². The van der Waals surface area contributed by atoms with Crippen molar-refractivity contribution in [3.05, 3.63) is 71.8 Å². The van der Waals surface area contributed by atoms with Crippen molar-refractivity contribution in [2.24, 2.45) is 0 Å². The van der Waals surface area contributed by atoms with E-state index in [2.05, 4.69) is 10.3 Å². The molecule has 1 N–H and O–H groups in total. The molecule has 6 nitrogen and oxygen atoms in total. The fourth-order valence-corrected chi connectivity index (χ4v) is 3.30. The molecule has 0 radical (unpaired) electrons. The van der Waals surface area contributed by atoms with Gasteiger partial charge in [0.05, 0.1) is 18.4 Å². The molecule has 0 aliphatic carbocycles. The molecule has 2 amide bonds. The van der Waals surface area contributed by atoms with Gasteiger partial charge in [-0.2, -0.15) is 0 Å². The second-order valence-corrected chi connectivity index (χ2v) is 6.67. The maximum absolute atomic E-state index is 12.4. The van der Waals surface area contributed by atoms with Crippen LogP contribution in [0.1, 0.15) is 17.0 Å². The van der Waals surface area contributed by atoms with Gasteiger partial charge < -0.3 is 14.8 Å². The van der Waals surface area contributed by atoms with Crippen molar-refractivity contribution >= 4 is 23.2 Å².